The minimum Gasteiger partial charge on any atom is -0.347 e. The largest absolute Gasteiger partial charge is 0.347 e. The van der Waals surface area contributed by atoms with Crippen molar-refractivity contribution in [2.24, 2.45) is 7.05 Å². The van der Waals surface area contributed by atoms with Crippen LogP contribution in [0.5, 0.6) is 0 Å². The molecule has 4 rings (SSSR count). The summed E-state index contributed by atoms with van der Waals surface area (Å²) in [5.41, 5.74) is 3.02. The van der Waals surface area contributed by atoms with Gasteiger partial charge in [0.05, 0.1) is 5.75 Å². The number of nitrogens with one attached hydrogen (secondary N) is 1. The van der Waals surface area contributed by atoms with Gasteiger partial charge in [0.15, 0.2) is 11.0 Å². The van der Waals surface area contributed by atoms with E-state index in [4.69, 9.17) is 0 Å². The van der Waals surface area contributed by atoms with E-state index < -0.39 is 0 Å². The molecule has 0 bridgehead atoms. The van der Waals surface area contributed by atoms with Crippen molar-refractivity contribution in [2.45, 2.75) is 18.6 Å². The van der Waals surface area contributed by atoms with E-state index in [1.807, 2.05) is 54.1 Å². The van der Waals surface area contributed by atoms with E-state index >= 15 is 0 Å². The Kier molecular flexibility index (Phi) is 5.16. The van der Waals surface area contributed by atoms with Gasteiger partial charge in [0, 0.05) is 41.9 Å². The highest BCUT2D eigenvalue weighted by atomic mass is 32.2. The molecule has 0 aliphatic rings. The van der Waals surface area contributed by atoms with Crippen LogP contribution < -0.4 is 5.32 Å². The number of aryl methyl sites for hydroxylation is 1. The van der Waals surface area contributed by atoms with E-state index in [-0.39, 0.29) is 11.7 Å². The Balaban J connectivity index is 1.53. The Morgan fingerprint density at radius 2 is 1.82 bits per heavy atom. The summed E-state index contributed by atoms with van der Waals surface area (Å²) in [4.78, 5) is 12.2. The fourth-order valence-corrected chi connectivity index (χ4v) is 3.92. The molecule has 0 saturated carbocycles. The van der Waals surface area contributed by atoms with E-state index in [1.165, 1.54) is 17.3 Å². The Morgan fingerprint density at radius 1 is 1.07 bits per heavy atom. The summed E-state index contributed by atoms with van der Waals surface area (Å²) in [6.07, 6.45) is 2.12. The third kappa shape index (κ3) is 3.53. The molecule has 1 amide bonds. The lowest BCUT2D eigenvalue weighted by atomic mass is 10.1. The van der Waals surface area contributed by atoms with Crippen LogP contribution in [0, 0.1) is 0 Å². The number of thioether (sulfide) groups is 1. The number of fused-ring (bicyclic) bond motifs is 1. The van der Waals surface area contributed by atoms with E-state index in [9.17, 15) is 4.79 Å². The van der Waals surface area contributed by atoms with Gasteiger partial charge in [-0.05, 0) is 25.1 Å². The van der Waals surface area contributed by atoms with E-state index in [0.29, 0.717) is 5.16 Å². The molecule has 28 heavy (non-hydrogen) atoms. The molecule has 7 heteroatoms. The second-order valence-corrected chi connectivity index (χ2v) is 7.36. The molecule has 0 fully saturated rings. The maximum Gasteiger partial charge on any atom is 0.234 e. The Hall–Kier alpha value is -3.06. The molecule has 0 spiro atoms. The van der Waals surface area contributed by atoms with Crippen molar-refractivity contribution in [3.05, 3.63) is 60.8 Å². The van der Waals surface area contributed by atoms with Crippen LogP contribution in [0.3, 0.4) is 0 Å². The van der Waals surface area contributed by atoms with Crippen LogP contribution >= 0.6 is 11.8 Å². The van der Waals surface area contributed by atoms with Gasteiger partial charge in [0.25, 0.3) is 0 Å². The molecular weight excluding hydrogens is 370 g/mol. The quantitative estimate of drug-likeness (QED) is 0.501. The van der Waals surface area contributed by atoms with Crippen LogP contribution in [0.1, 0.15) is 6.92 Å². The average molecular weight is 392 g/mol. The zero-order valence-corrected chi connectivity index (χ0v) is 16.6. The second-order valence-electron chi connectivity index (χ2n) is 6.41. The molecule has 0 aliphatic heterocycles. The van der Waals surface area contributed by atoms with Crippen molar-refractivity contribution in [2.75, 3.05) is 11.1 Å². The number of anilines is 1. The summed E-state index contributed by atoms with van der Waals surface area (Å²) in [7, 11) is 1.94. The smallest absolute Gasteiger partial charge is 0.234 e. The predicted octanol–water partition coefficient (Wildman–Crippen LogP) is 4.19. The van der Waals surface area contributed by atoms with Crippen molar-refractivity contribution >= 4 is 34.3 Å². The van der Waals surface area contributed by atoms with Gasteiger partial charge in [-0.3, -0.25) is 4.79 Å². The van der Waals surface area contributed by atoms with E-state index in [1.54, 1.807) is 0 Å². The standard InChI is InChI=1S/C21H21N5OS/c1-3-26-13-17(16-11-7-8-12-18(16)26)20-23-24-21(25(20)2)28-14-19(27)22-15-9-5-4-6-10-15/h4-13H,3,14H2,1-2H3,(H,22,27). The monoisotopic (exact) mass is 391 g/mol. The van der Waals surface area contributed by atoms with Gasteiger partial charge in [-0.1, -0.05) is 48.2 Å². The molecule has 0 unspecified atom stereocenters. The maximum atomic E-state index is 12.2. The first-order valence-electron chi connectivity index (χ1n) is 9.12. The van der Waals surface area contributed by atoms with Crippen LogP contribution in [0.4, 0.5) is 5.69 Å². The number of para-hydroxylation sites is 2. The molecular formula is C21H21N5OS. The topological polar surface area (TPSA) is 64.7 Å². The van der Waals surface area contributed by atoms with E-state index in [2.05, 4.69) is 45.3 Å². The fraction of sp³-hybridized carbons (Fsp3) is 0.190. The van der Waals surface area contributed by atoms with Crippen LogP contribution in [0.15, 0.2) is 66.0 Å². The van der Waals surface area contributed by atoms with Gasteiger partial charge in [0.1, 0.15) is 0 Å². The predicted molar refractivity (Wildman–Crippen MR) is 113 cm³/mol. The number of rotatable bonds is 6. The summed E-state index contributed by atoms with van der Waals surface area (Å²) < 4.78 is 4.15. The molecule has 1 N–H and O–H groups in total. The van der Waals surface area contributed by atoms with Gasteiger partial charge in [-0.15, -0.1) is 10.2 Å². The first kappa shape index (κ1) is 18.3. The molecule has 0 radical (unpaired) electrons. The third-order valence-electron chi connectivity index (χ3n) is 4.59. The first-order chi connectivity index (χ1) is 13.7. The first-order valence-corrected chi connectivity index (χ1v) is 10.1. The number of benzene rings is 2. The SMILES string of the molecule is CCn1cc(-c2nnc(SCC(=O)Nc3ccccc3)n2C)c2ccccc21. The summed E-state index contributed by atoms with van der Waals surface area (Å²) in [5.74, 6) is 1.01. The molecule has 2 aromatic carbocycles. The van der Waals surface area contributed by atoms with Crippen molar-refractivity contribution < 1.29 is 4.79 Å². The molecule has 142 valence electrons. The zero-order valence-electron chi connectivity index (χ0n) is 15.8. The van der Waals surface area contributed by atoms with Crippen molar-refractivity contribution in [3.63, 3.8) is 0 Å². The molecule has 0 atom stereocenters. The lowest BCUT2D eigenvalue weighted by Gasteiger charge is -2.05. The van der Waals surface area contributed by atoms with Crippen LogP contribution in [0.25, 0.3) is 22.3 Å². The van der Waals surface area contributed by atoms with Crippen LogP contribution in [-0.2, 0) is 18.4 Å². The molecule has 0 aliphatic carbocycles. The van der Waals surface area contributed by atoms with Gasteiger partial charge >= 0.3 is 0 Å². The Morgan fingerprint density at radius 3 is 2.61 bits per heavy atom. The fourth-order valence-electron chi connectivity index (χ4n) is 3.21. The maximum absolute atomic E-state index is 12.2. The molecule has 2 heterocycles. The zero-order chi connectivity index (χ0) is 19.5. The highest BCUT2D eigenvalue weighted by molar-refractivity contribution is 7.99. The summed E-state index contributed by atoms with van der Waals surface area (Å²) >= 11 is 1.38. The highest BCUT2D eigenvalue weighted by Gasteiger charge is 2.17. The number of carbonyl (C=O) groups is 1. The minimum absolute atomic E-state index is 0.0664. The number of carbonyl (C=O) groups excluding carboxylic acids is 1. The normalized spacial score (nSPS) is 11.1. The van der Waals surface area contributed by atoms with Crippen LogP contribution in [-0.4, -0.2) is 31.0 Å². The number of aromatic nitrogens is 4. The number of hydrogen-bond donors (Lipinski definition) is 1. The number of nitrogens with zero attached hydrogens (tertiary/aromatic N) is 4. The number of amides is 1. The second kappa shape index (κ2) is 7.90. The lowest BCUT2D eigenvalue weighted by molar-refractivity contribution is -0.113. The summed E-state index contributed by atoms with van der Waals surface area (Å²) in [5, 5.41) is 13.4. The van der Waals surface area contributed by atoms with E-state index in [0.717, 1.165) is 29.0 Å². The molecule has 0 saturated heterocycles. The molecule has 2 aromatic heterocycles. The van der Waals surface area contributed by atoms with Crippen molar-refractivity contribution in [3.8, 4) is 11.4 Å². The van der Waals surface area contributed by atoms with Gasteiger partial charge in [-0.25, -0.2) is 0 Å². The van der Waals surface area contributed by atoms with Gasteiger partial charge in [-0.2, -0.15) is 0 Å². The van der Waals surface area contributed by atoms with Gasteiger partial charge < -0.3 is 14.5 Å². The Bertz CT molecular complexity index is 1120. The van der Waals surface area contributed by atoms with Crippen molar-refractivity contribution in [1.29, 1.82) is 0 Å². The summed E-state index contributed by atoms with van der Waals surface area (Å²) in [6, 6.07) is 17.7. The van der Waals surface area contributed by atoms with Gasteiger partial charge in [0.2, 0.25) is 5.91 Å². The van der Waals surface area contributed by atoms with Crippen molar-refractivity contribution in [1.82, 2.24) is 19.3 Å². The summed E-state index contributed by atoms with van der Waals surface area (Å²) in [6.45, 7) is 3.01. The highest BCUT2D eigenvalue weighted by Crippen LogP contribution is 2.31. The third-order valence-corrected chi connectivity index (χ3v) is 5.62. The molecule has 6 nitrogen and oxygen atoms in total. The number of hydrogen-bond acceptors (Lipinski definition) is 4. The van der Waals surface area contributed by atoms with Crippen LogP contribution in [0.2, 0.25) is 0 Å². The minimum atomic E-state index is -0.0664. The Labute approximate surface area is 167 Å². The lowest BCUT2D eigenvalue weighted by Crippen LogP contribution is -2.14. The molecule has 4 aromatic rings. The average Bonchev–Trinajstić information content (AvgIpc) is 3.27.